The number of aliphatic carboxylic acids is 1. The molecule has 0 radical (unpaired) electrons. The molecule has 24 heavy (non-hydrogen) atoms. The second-order valence-corrected chi connectivity index (χ2v) is 9.41. The fourth-order valence-electron chi connectivity index (χ4n) is 7.42. The number of rotatable bonds is 2. The smallest absolute Gasteiger partial charge is 0.372 e. The number of ketones is 1. The van der Waals surface area contributed by atoms with E-state index in [4.69, 9.17) is 0 Å². The first-order valence-electron chi connectivity index (χ1n) is 9.80. The minimum absolute atomic E-state index is 0.0790. The molecule has 3 nitrogen and oxygen atoms in total. The van der Waals surface area contributed by atoms with Gasteiger partial charge in [0.05, 0.1) is 0 Å². The number of Topliss-reactive ketones (excluding diaryl/α,β-unsaturated/α-hetero) is 1. The summed E-state index contributed by atoms with van der Waals surface area (Å²) in [7, 11) is 0. The Morgan fingerprint density at radius 3 is 2.46 bits per heavy atom. The lowest BCUT2D eigenvalue weighted by Crippen LogP contribution is -2.53. The zero-order valence-corrected chi connectivity index (χ0v) is 15.0. The van der Waals surface area contributed by atoms with E-state index in [-0.39, 0.29) is 11.3 Å². The summed E-state index contributed by atoms with van der Waals surface area (Å²) in [6.45, 7) is 4.73. The number of carbonyl (C=O) groups excluding carboxylic acids is 1. The minimum atomic E-state index is -1.22. The average Bonchev–Trinajstić information content (AvgIpc) is 2.90. The molecule has 1 unspecified atom stereocenters. The topological polar surface area (TPSA) is 54.4 Å². The normalized spacial score (nSPS) is 49.8. The second-order valence-electron chi connectivity index (χ2n) is 9.41. The molecule has 3 fully saturated rings. The first kappa shape index (κ1) is 16.4. The Balaban J connectivity index is 1.63. The third kappa shape index (κ3) is 2.09. The van der Waals surface area contributed by atoms with Crippen molar-refractivity contribution in [2.75, 3.05) is 0 Å². The molecule has 0 aliphatic heterocycles. The Hall–Kier alpha value is -1.12. The van der Waals surface area contributed by atoms with Crippen molar-refractivity contribution < 1.29 is 14.7 Å². The second kappa shape index (κ2) is 5.44. The van der Waals surface area contributed by atoms with Crippen LogP contribution < -0.4 is 0 Å². The molecule has 0 aromatic heterocycles. The van der Waals surface area contributed by atoms with Gasteiger partial charge in [-0.2, -0.15) is 0 Å². The molecule has 4 aliphatic carbocycles. The first-order chi connectivity index (χ1) is 11.4. The molecular weight excluding hydrogens is 300 g/mol. The minimum Gasteiger partial charge on any atom is -0.475 e. The maximum atomic E-state index is 12.2. The van der Waals surface area contributed by atoms with Crippen molar-refractivity contribution in [3.05, 3.63) is 12.2 Å². The van der Waals surface area contributed by atoms with Crippen LogP contribution in [0.2, 0.25) is 0 Å². The van der Waals surface area contributed by atoms with Crippen LogP contribution in [0, 0.1) is 40.4 Å². The molecule has 0 aromatic rings. The van der Waals surface area contributed by atoms with E-state index in [0.29, 0.717) is 17.3 Å². The van der Waals surface area contributed by atoms with E-state index in [1.807, 2.05) is 0 Å². The lowest BCUT2D eigenvalue weighted by Gasteiger charge is -2.59. The molecular formula is C21H30O3. The quantitative estimate of drug-likeness (QED) is 0.600. The first-order valence-corrected chi connectivity index (χ1v) is 9.80. The van der Waals surface area contributed by atoms with Crippen LogP contribution >= 0.6 is 0 Å². The van der Waals surface area contributed by atoms with Crippen LogP contribution in [0.5, 0.6) is 0 Å². The van der Waals surface area contributed by atoms with E-state index >= 15 is 0 Å². The molecule has 3 heteroatoms. The van der Waals surface area contributed by atoms with Crippen molar-refractivity contribution in [3.63, 3.8) is 0 Å². The Kier molecular flexibility index (Phi) is 3.71. The van der Waals surface area contributed by atoms with Crippen LogP contribution in [0.3, 0.4) is 0 Å². The van der Waals surface area contributed by atoms with Gasteiger partial charge in [0.25, 0.3) is 0 Å². The summed E-state index contributed by atoms with van der Waals surface area (Å²) in [5, 5.41) is 9.22. The van der Waals surface area contributed by atoms with E-state index in [9.17, 15) is 14.7 Å². The largest absolute Gasteiger partial charge is 0.475 e. The summed E-state index contributed by atoms with van der Waals surface area (Å²) in [6.07, 6.45) is 13.9. The van der Waals surface area contributed by atoms with Crippen LogP contribution in [-0.2, 0) is 9.59 Å². The fourth-order valence-corrected chi connectivity index (χ4v) is 7.42. The predicted octanol–water partition coefficient (Wildman–Crippen LogP) is 4.47. The van der Waals surface area contributed by atoms with Gasteiger partial charge in [0, 0.05) is 5.92 Å². The van der Waals surface area contributed by atoms with Crippen LogP contribution in [0.1, 0.15) is 65.2 Å². The fraction of sp³-hybridized carbons (Fsp3) is 0.810. The Morgan fingerprint density at radius 2 is 1.71 bits per heavy atom. The van der Waals surface area contributed by atoms with Crippen molar-refractivity contribution >= 4 is 11.8 Å². The Bertz CT molecular complexity index is 594. The summed E-state index contributed by atoms with van der Waals surface area (Å²) in [5.41, 5.74) is 0.345. The van der Waals surface area contributed by atoms with Crippen molar-refractivity contribution in [2.24, 2.45) is 40.4 Å². The van der Waals surface area contributed by atoms with E-state index in [1.165, 1.54) is 32.1 Å². The van der Waals surface area contributed by atoms with Crippen LogP contribution in [0.4, 0.5) is 0 Å². The van der Waals surface area contributed by atoms with Gasteiger partial charge in [-0.3, -0.25) is 4.79 Å². The van der Waals surface area contributed by atoms with Crippen molar-refractivity contribution in [3.8, 4) is 0 Å². The average molecular weight is 330 g/mol. The molecule has 0 aromatic carbocycles. The highest BCUT2D eigenvalue weighted by atomic mass is 16.4. The zero-order chi connectivity index (χ0) is 17.1. The molecule has 7 atom stereocenters. The summed E-state index contributed by atoms with van der Waals surface area (Å²) in [6, 6.07) is 0. The van der Waals surface area contributed by atoms with E-state index in [0.717, 1.165) is 31.1 Å². The summed E-state index contributed by atoms with van der Waals surface area (Å²) in [4.78, 5) is 23.5. The molecule has 0 bridgehead atoms. The highest BCUT2D eigenvalue weighted by molar-refractivity contribution is 6.33. The van der Waals surface area contributed by atoms with Gasteiger partial charge >= 0.3 is 5.97 Å². The monoisotopic (exact) mass is 330 g/mol. The lowest BCUT2D eigenvalue weighted by atomic mass is 9.45. The molecule has 1 N–H and O–H groups in total. The molecule has 0 spiro atoms. The van der Waals surface area contributed by atoms with Gasteiger partial charge in [0.1, 0.15) is 0 Å². The lowest BCUT2D eigenvalue weighted by molar-refractivity contribution is -0.155. The van der Waals surface area contributed by atoms with Gasteiger partial charge in [-0.1, -0.05) is 26.0 Å². The van der Waals surface area contributed by atoms with Gasteiger partial charge in [-0.05, 0) is 85.9 Å². The standard InChI is InChI=1S/C21H30O3/c1-20-11-4-3-5-13(20)6-7-14-15-8-9-17(18(22)19(23)24)21(15,2)12-10-16(14)20/h3-4,13-17H,5-12H2,1-2H3,(H,23,24)/t13?,14-,15-,16-,17+,20-,21-/m0/s1. The highest BCUT2D eigenvalue weighted by Crippen LogP contribution is 2.67. The van der Waals surface area contributed by atoms with Crippen LogP contribution in [0.15, 0.2) is 12.2 Å². The molecule has 0 heterocycles. The van der Waals surface area contributed by atoms with Gasteiger partial charge in [0.15, 0.2) is 0 Å². The molecule has 4 rings (SSSR count). The third-order valence-electron chi connectivity index (χ3n) is 8.74. The van der Waals surface area contributed by atoms with Crippen molar-refractivity contribution in [1.82, 2.24) is 0 Å². The maximum absolute atomic E-state index is 12.2. The predicted molar refractivity (Wildman–Crippen MR) is 92.4 cm³/mol. The number of fused-ring (bicyclic) bond motifs is 5. The van der Waals surface area contributed by atoms with Crippen LogP contribution in [-0.4, -0.2) is 16.9 Å². The number of carboxylic acids is 1. The highest BCUT2D eigenvalue weighted by Gasteiger charge is 2.61. The van der Waals surface area contributed by atoms with E-state index in [2.05, 4.69) is 26.0 Å². The number of allylic oxidation sites excluding steroid dienone is 2. The maximum Gasteiger partial charge on any atom is 0.372 e. The number of hydrogen-bond donors (Lipinski definition) is 1. The number of carbonyl (C=O) groups is 2. The molecule has 132 valence electrons. The van der Waals surface area contributed by atoms with Gasteiger partial charge < -0.3 is 5.11 Å². The Labute approximate surface area is 144 Å². The van der Waals surface area contributed by atoms with Gasteiger partial charge in [-0.25, -0.2) is 4.79 Å². The summed E-state index contributed by atoms with van der Waals surface area (Å²) >= 11 is 0. The SMILES string of the molecule is C[C@]12CC[C@H]3[C@@H](CCC4CC=CC[C@@]43C)[C@@H]1CC[C@@H]2C(=O)C(=O)O. The molecule has 4 aliphatic rings. The molecule has 3 saturated carbocycles. The van der Waals surface area contributed by atoms with Crippen molar-refractivity contribution in [2.45, 2.75) is 65.2 Å². The molecule has 0 saturated heterocycles. The van der Waals surface area contributed by atoms with Crippen molar-refractivity contribution in [1.29, 1.82) is 0 Å². The molecule has 0 amide bonds. The number of hydrogen-bond acceptors (Lipinski definition) is 2. The third-order valence-corrected chi connectivity index (χ3v) is 8.74. The van der Waals surface area contributed by atoms with E-state index in [1.54, 1.807) is 0 Å². The summed E-state index contributed by atoms with van der Waals surface area (Å²) < 4.78 is 0. The number of carboxylic acid groups (broad SMARTS) is 1. The Morgan fingerprint density at radius 1 is 0.958 bits per heavy atom. The van der Waals surface area contributed by atoms with E-state index < -0.39 is 11.8 Å². The van der Waals surface area contributed by atoms with Gasteiger partial charge in [0.2, 0.25) is 5.78 Å². The zero-order valence-electron chi connectivity index (χ0n) is 15.0. The van der Waals surface area contributed by atoms with Gasteiger partial charge in [-0.15, -0.1) is 0 Å². The summed E-state index contributed by atoms with van der Waals surface area (Å²) in [5.74, 6) is 0.828. The van der Waals surface area contributed by atoms with Crippen LogP contribution in [0.25, 0.3) is 0 Å².